The van der Waals surface area contributed by atoms with Crippen LogP contribution >= 0.6 is 0 Å². The molecule has 5 nitrogen and oxygen atoms in total. The lowest BCUT2D eigenvalue weighted by Crippen LogP contribution is -2.31. The van der Waals surface area contributed by atoms with E-state index in [0.29, 0.717) is 18.7 Å². The molecular weight excluding hydrogens is 372 g/mol. The standard InChI is InChI=1S/C25H22N4O/c1-28-20(14-18-8-2-5-12-24(18)28)17-29(16-19-9-6-7-13-26-19)25(30)22-15-27-23-11-4-3-10-21(22)23/h2-15,27H,16-17H2,1H3. The van der Waals surface area contributed by atoms with Crippen molar-refractivity contribution < 1.29 is 4.79 Å². The Bertz CT molecular complexity index is 1330. The number of nitrogens with one attached hydrogen (secondary N) is 1. The third-order valence-electron chi connectivity index (χ3n) is 5.59. The summed E-state index contributed by atoms with van der Waals surface area (Å²) in [5.74, 6) is -0.0108. The highest BCUT2D eigenvalue weighted by molar-refractivity contribution is 6.06. The van der Waals surface area contributed by atoms with Crippen LogP contribution in [0.3, 0.4) is 0 Å². The van der Waals surface area contributed by atoms with Crippen LogP contribution in [0.4, 0.5) is 0 Å². The molecule has 0 aliphatic rings. The molecule has 148 valence electrons. The van der Waals surface area contributed by atoms with E-state index in [-0.39, 0.29) is 5.91 Å². The molecule has 1 N–H and O–H groups in total. The summed E-state index contributed by atoms with van der Waals surface area (Å²) in [4.78, 5) is 23.2. The Kier molecular flexibility index (Phi) is 4.56. The number of aromatic nitrogens is 3. The number of carbonyl (C=O) groups excluding carboxylic acids is 1. The monoisotopic (exact) mass is 394 g/mol. The molecule has 0 unspecified atom stereocenters. The van der Waals surface area contributed by atoms with Crippen LogP contribution in [-0.2, 0) is 20.1 Å². The Morgan fingerprint density at radius 1 is 1.00 bits per heavy atom. The first-order valence-corrected chi connectivity index (χ1v) is 9.99. The molecular formula is C25H22N4O. The van der Waals surface area contributed by atoms with Crippen molar-refractivity contribution in [3.05, 3.63) is 102 Å². The van der Waals surface area contributed by atoms with Crippen LogP contribution in [0.2, 0.25) is 0 Å². The number of rotatable bonds is 5. The number of para-hydroxylation sites is 2. The van der Waals surface area contributed by atoms with Gasteiger partial charge in [-0.25, -0.2) is 0 Å². The lowest BCUT2D eigenvalue weighted by atomic mass is 10.1. The number of benzene rings is 2. The maximum Gasteiger partial charge on any atom is 0.256 e. The summed E-state index contributed by atoms with van der Waals surface area (Å²) in [5, 5.41) is 2.11. The van der Waals surface area contributed by atoms with Gasteiger partial charge in [-0.3, -0.25) is 9.78 Å². The summed E-state index contributed by atoms with van der Waals surface area (Å²) in [6, 6.07) is 24.1. The van der Waals surface area contributed by atoms with E-state index in [4.69, 9.17) is 0 Å². The fraction of sp³-hybridized carbons (Fsp3) is 0.120. The van der Waals surface area contributed by atoms with Crippen LogP contribution in [0.25, 0.3) is 21.8 Å². The molecule has 0 bridgehead atoms. The summed E-state index contributed by atoms with van der Waals surface area (Å²) in [6.07, 6.45) is 3.57. The molecule has 5 rings (SSSR count). The quantitative estimate of drug-likeness (QED) is 0.461. The van der Waals surface area contributed by atoms with Crippen LogP contribution in [0, 0.1) is 0 Å². The van der Waals surface area contributed by atoms with E-state index < -0.39 is 0 Å². The number of pyridine rings is 1. The topological polar surface area (TPSA) is 53.9 Å². The van der Waals surface area contributed by atoms with Gasteiger partial charge in [0, 0.05) is 41.6 Å². The zero-order valence-electron chi connectivity index (χ0n) is 16.7. The Balaban J connectivity index is 1.54. The first kappa shape index (κ1) is 18.2. The number of H-pyrrole nitrogens is 1. The molecule has 0 aliphatic carbocycles. The lowest BCUT2D eigenvalue weighted by Gasteiger charge is -2.23. The highest BCUT2D eigenvalue weighted by atomic mass is 16.2. The summed E-state index contributed by atoms with van der Waals surface area (Å²) in [5.41, 5.74) is 4.75. The van der Waals surface area contributed by atoms with Crippen LogP contribution in [0.5, 0.6) is 0 Å². The van der Waals surface area contributed by atoms with Crippen molar-refractivity contribution in [2.45, 2.75) is 13.1 Å². The first-order valence-electron chi connectivity index (χ1n) is 9.99. The van der Waals surface area contributed by atoms with Gasteiger partial charge < -0.3 is 14.5 Å². The molecule has 5 aromatic rings. The first-order chi connectivity index (χ1) is 14.7. The Morgan fingerprint density at radius 3 is 2.63 bits per heavy atom. The maximum atomic E-state index is 13.6. The van der Waals surface area contributed by atoms with Crippen molar-refractivity contribution in [1.82, 2.24) is 19.4 Å². The lowest BCUT2D eigenvalue weighted by molar-refractivity contribution is 0.0726. The van der Waals surface area contributed by atoms with Gasteiger partial charge in [0.2, 0.25) is 0 Å². The van der Waals surface area contributed by atoms with Crippen LogP contribution in [0.1, 0.15) is 21.7 Å². The molecule has 30 heavy (non-hydrogen) atoms. The van der Waals surface area contributed by atoms with Gasteiger partial charge in [-0.1, -0.05) is 42.5 Å². The van der Waals surface area contributed by atoms with Crippen molar-refractivity contribution in [3.63, 3.8) is 0 Å². The highest BCUT2D eigenvalue weighted by Gasteiger charge is 2.21. The van der Waals surface area contributed by atoms with Crippen LogP contribution in [-0.4, -0.2) is 25.3 Å². The molecule has 0 fully saturated rings. The molecule has 0 radical (unpaired) electrons. The zero-order valence-corrected chi connectivity index (χ0v) is 16.7. The second kappa shape index (κ2) is 7.52. The van der Waals surface area contributed by atoms with E-state index in [2.05, 4.69) is 32.7 Å². The Labute approximate surface area is 174 Å². The average Bonchev–Trinajstić information content (AvgIpc) is 3.35. The van der Waals surface area contributed by atoms with E-state index in [1.54, 1.807) is 12.4 Å². The van der Waals surface area contributed by atoms with Gasteiger partial charge in [0.05, 0.1) is 24.3 Å². The van der Waals surface area contributed by atoms with Crippen molar-refractivity contribution in [2.24, 2.45) is 7.05 Å². The number of hydrogen-bond donors (Lipinski definition) is 1. The van der Waals surface area contributed by atoms with Crippen molar-refractivity contribution in [1.29, 1.82) is 0 Å². The number of nitrogens with zero attached hydrogens (tertiary/aromatic N) is 3. The van der Waals surface area contributed by atoms with E-state index in [0.717, 1.165) is 27.8 Å². The minimum absolute atomic E-state index is 0.0108. The van der Waals surface area contributed by atoms with E-state index in [9.17, 15) is 4.79 Å². The Morgan fingerprint density at radius 2 is 1.80 bits per heavy atom. The van der Waals surface area contributed by atoms with Crippen molar-refractivity contribution in [3.8, 4) is 0 Å². The number of aromatic amines is 1. The number of carbonyl (C=O) groups is 1. The second-order valence-corrected chi connectivity index (χ2v) is 7.48. The Hall–Kier alpha value is -3.86. The molecule has 0 atom stereocenters. The van der Waals surface area contributed by atoms with E-state index >= 15 is 0 Å². The van der Waals surface area contributed by atoms with Crippen molar-refractivity contribution in [2.75, 3.05) is 0 Å². The maximum absolute atomic E-state index is 13.6. The van der Waals surface area contributed by atoms with Gasteiger partial charge in [-0.05, 0) is 35.7 Å². The van der Waals surface area contributed by atoms with Gasteiger partial charge in [0.25, 0.3) is 5.91 Å². The van der Waals surface area contributed by atoms with Crippen molar-refractivity contribution >= 4 is 27.7 Å². The average molecular weight is 394 g/mol. The van der Waals surface area contributed by atoms with Crippen LogP contribution in [0.15, 0.2) is 85.2 Å². The molecule has 0 aliphatic heterocycles. The number of aryl methyl sites for hydroxylation is 1. The molecule has 0 saturated heterocycles. The fourth-order valence-corrected chi connectivity index (χ4v) is 4.00. The van der Waals surface area contributed by atoms with Gasteiger partial charge >= 0.3 is 0 Å². The van der Waals surface area contributed by atoms with Gasteiger partial charge in [-0.15, -0.1) is 0 Å². The number of fused-ring (bicyclic) bond motifs is 2. The van der Waals surface area contributed by atoms with E-state index in [1.807, 2.05) is 66.5 Å². The minimum atomic E-state index is -0.0108. The van der Waals surface area contributed by atoms with Gasteiger partial charge in [0.15, 0.2) is 0 Å². The predicted molar refractivity (Wildman–Crippen MR) is 119 cm³/mol. The zero-order chi connectivity index (χ0) is 20.5. The minimum Gasteiger partial charge on any atom is -0.360 e. The van der Waals surface area contributed by atoms with Gasteiger partial charge in [0.1, 0.15) is 0 Å². The largest absolute Gasteiger partial charge is 0.360 e. The summed E-state index contributed by atoms with van der Waals surface area (Å²) < 4.78 is 2.16. The summed E-state index contributed by atoms with van der Waals surface area (Å²) >= 11 is 0. The smallest absolute Gasteiger partial charge is 0.256 e. The predicted octanol–water partition coefficient (Wildman–Crippen LogP) is 4.90. The SMILES string of the molecule is Cn1c(CN(Cc2ccccn2)C(=O)c2c[nH]c3ccccc23)cc2ccccc21. The highest BCUT2D eigenvalue weighted by Crippen LogP contribution is 2.24. The number of hydrogen-bond acceptors (Lipinski definition) is 2. The second-order valence-electron chi connectivity index (χ2n) is 7.48. The molecule has 0 saturated carbocycles. The summed E-state index contributed by atoms with van der Waals surface area (Å²) in [7, 11) is 2.05. The summed E-state index contributed by atoms with van der Waals surface area (Å²) in [6.45, 7) is 0.945. The molecule has 0 spiro atoms. The van der Waals surface area contributed by atoms with Crippen LogP contribution < -0.4 is 0 Å². The molecule has 2 aromatic carbocycles. The third-order valence-corrected chi connectivity index (χ3v) is 5.59. The normalized spacial score (nSPS) is 11.2. The molecule has 3 aromatic heterocycles. The number of amides is 1. The van der Waals surface area contributed by atoms with Gasteiger partial charge in [-0.2, -0.15) is 0 Å². The van der Waals surface area contributed by atoms with E-state index in [1.165, 1.54) is 5.39 Å². The molecule has 3 heterocycles. The molecule has 5 heteroatoms. The molecule has 1 amide bonds. The fourth-order valence-electron chi connectivity index (χ4n) is 4.00. The third kappa shape index (κ3) is 3.24.